The molecule has 0 aliphatic heterocycles. The number of alkyl halides is 3. The van der Waals surface area contributed by atoms with Crippen LogP contribution in [0.3, 0.4) is 0 Å². The summed E-state index contributed by atoms with van der Waals surface area (Å²) in [6, 6.07) is 9.93. The molecule has 33 heavy (non-hydrogen) atoms. The van der Waals surface area contributed by atoms with Crippen LogP contribution >= 0.6 is 11.6 Å². The molecule has 2 aromatic carbocycles. The van der Waals surface area contributed by atoms with Crippen LogP contribution in [0.4, 0.5) is 18.9 Å². The summed E-state index contributed by atoms with van der Waals surface area (Å²) < 4.78 is 69.8. The van der Waals surface area contributed by atoms with Gasteiger partial charge in [0.15, 0.2) is 5.82 Å². The summed E-state index contributed by atoms with van der Waals surface area (Å²) in [7, 11) is -4.05. The second kappa shape index (κ2) is 8.64. The molecule has 0 saturated heterocycles. The first-order chi connectivity index (χ1) is 15.1. The quantitative estimate of drug-likeness (QED) is 0.446. The van der Waals surface area contributed by atoms with E-state index in [1.54, 1.807) is 26.0 Å². The highest BCUT2D eigenvalue weighted by Crippen LogP contribution is 2.37. The molecule has 3 aromatic rings. The summed E-state index contributed by atoms with van der Waals surface area (Å²) in [4.78, 5) is 0.0118. The lowest BCUT2D eigenvalue weighted by Gasteiger charge is -2.20. The van der Waals surface area contributed by atoms with Crippen LogP contribution in [-0.2, 0) is 21.6 Å². The summed E-state index contributed by atoms with van der Waals surface area (Å²) in [5.41, 5.74) is 0.908. The number of nitrogens with one attached hydrogen (secondary N) is 1. The van der Waals surface area contributed by atoms with E-state index < -0.39 is 28.1 Å². The molecule has 6 nitrogen and oxygen atoms in total. The molecule has 0 aliphatic rings. The van der Waals surface area contributed by atoms with Gasteiger partial charge >= 0.3 is 6.18 Å². The Kier molecular flexibility index (Phi) is 6.56. The first-order valence-corrected chi connectivity index (χ1v) is 11.9. The zero-order valence-electron chi connectivity index (χ0n) is 18.7. The van der Waals surface area contributed by atoms with Gasteiger partial charge in [-0.2, -0.15) is 13.2 Å². The number of hydrogen-bond donors (Lipinski definition) is 1. The van der Waals surface area contributed by atoms with Crippen molar-refractivity contribution in [3.05, 3.63) is 58.9 Å². The molecule has 11 heteroatoms. The van der Waals surface area contributed by atoms with Crippen molar-refractivity contribution in [1.29, 1.82) is 0 Å². The summed E-state index contributed by atoms with van der Waals surface area (Å²) in [6.45, 7) is 9.12. The van der Waals surface area contributed by atoms with E-state index in [4.69, 9.17) is 11.6 Å². The topological polar surface area (TPSA) is 76.9 Å². The van der Waals surface area contributed by atoms with Gasteiger partial charge in [0.05, 0.1) is 10.6 Å². The minimum absolute atomic E-state index is 0.0118. The zero-order valence-corrected chi connectivity index (χ0v) is 20.3. The largest absolute Gasteiger partial charge is 0.451 e. The van der Waals surface area contributed by atoms with E-state index in [2.05, 4.69) is 14.9 Å². The van der Waals surface area contributed by atoms with Gasteiger partial charge in [-0.05, 0) is 55.2 Å². The Morgan fingerprint density at radius 3 is 2.12 bits per heavy atom. The second-order valence-corrected chi connectivity index (χ2v) is 11.0. The maximum absolute atomic E-state index is 13.5. The van der Waals surface area contributed by atoms with Crippen LogP contribution in [0.2, 0.25) is 5.02 Å². The van der Waals surface area contributed by atoms with Gasteiger partial charge < -0.3 is 4.57 Å². The van der Waals surface area contributed by atoms with Gasteiger partial charge in [0.2, 0.25) is 5.82 Å². The van der Waals surface area contributed by atoms with Crippen LogP contribution in [0.25, 0.3) is 11.4 Å². The van der Waals surface area contributed by atoms with Crippen LogP contribution in [0.1, 0.15) is 52.0 Å². The average molecular weight is 501 g/mol. The van der Waals surface area contributed by atoms with Crippen molar-refractivity contribution < 1.29 is 21.6 Å². The van der Waals surface area contributed by atoms with Gasteiger partial charge in [-0.3, -0.25) is 4.72 Å². The Morgan fingerprint density at radius 2 is 1.61 bits per heavy atom. The Bertz CT molecular complexity index is 1260. The van der Waals surface area contributed by atoms with Crippen molar-refractivity contribution in [1.82, 2.24) is 14.8 Å². The van der Waals surface area contributed by atoms with E-state index in [1.165, 1.54) is 30.3 Å². The summed E-state index contributed by atoms with van der Waals surface area (Å²) in [5, 5.41) is 7.23. The number of hydrogen-bond acceptors (Lipinski definition) is 4. The first kappa shape index (κ1) is 25.0. The van der Waals surface area contributed by atoms with Crippen molar-refractivity contribution in [3.8, 4) is 11.4 Å². The molecular formula is C22H24ClF3N4O2S. The Morgan fingerprint density at radius 1 is 1.00 bits per heavy atom. The summed E-state index contributed by atoms with van der Waals surface area (Å²) in [5.74, 6) is -1.33. The third-order valence-electron chi connectivity index (χ3n) is 4.96. The molecule has 1 aromatic heterocycles. The number of aromatic nitrogens is 3. The van der Waals surface area contributed by atoms with Crippen molar-refractivity contribution in [2.75, 3.05) is 4.72 Å². The van der Waals surface area contributed by atoms with Crippen LogP contribution in [0, 0.1) is 0 Å². The van der Waals surface area contributed by atoms with Gasteiger partial charge in [0.1, 0.15) is 0 Å². The smallest absolute Gasteiger partial charge is 0.301 e. The Labute approximate surface area is 195 Å². The van der Waals surface area contributed by atoms with Gasteiger partial charge in [-0.15, -0.1) is 10.2 Å². The monoisotopic (exact) mass is 500 g/mol. The predicted octanol–water partition coefficient (Wildman–Crippen LogP) is 6.30. The zero-order chi connectivity index (χ0) is 24.8. The van der Waals surface area contributed by atoms with Crippen LogP contribution < -0.4 is 4.72 Å². The normalized spacial score (nSPS) is 12.9. The fourth-order valence-corrected chi connectivity index (χ4v) is 4.54. The van der Waals surface area contributed by atoms with Crippen molar-refractivity contribution in [2.24, 2.45) is 0 Å². The molecule has 0 bridgehead atoms. The molecule has 0 unspecified atom stereocenters. The van der Waals surface area contributed by atoms with E-state index in [0.29, 0.717) is 0 Å². The fraction of sp³-hybridized carbons (Fsp3) is 0.364. The second-order valence-electron chi connectivity index (χ2n) is 8.88. The number of rotatable bonds is 5. The Balaban J connectivity index is 2.09. The van der Waals surface area contributed by atoms with Gasteiger partial charge in [-0.25, -0.2) is 8.42 Å². The highest BCUT2D eigenvalue weighted by Gasteiger charge is 2.39. The molecule has 3 rings (SSSR count). The maximum atomic E-state index is 13.5. The van der Waals surface area contributed by atoms with E-state index in [1.807, 2.05) is 20.8 Å². The maximum Gasteiger partial charge on any atom is 0.451 e. The number of nitrogens with zero attached hydrogens (tertiary/aromatic N) is 3. The predicted molar refractivity (Wildman–Crippen MR) is 122 cm³/mol. The van der Waals surface area contributed by atoms with Gasteiger partial charge in [-0.1, -0.05) is 44.5 Å². The van der Waals surface area contributed by atoms with Crippen molar-refractivity contribution in [3.63, 3.8) is 0 Å². The third-order valence-corrected chi connectivity index (χ3v) is 6.58. The number of benzene rings is 2. The molecule has 0 amide bonds. The van der Waals surface area contributed by atoms with Crippen molar-refractivity contribution in [2.45, 2.75) is 57.1 Å². The minimum atomic E-state index is -4.73. The molecule has 0 radical (unpaired) electrons. The Hall–Kier alpha value is -2.59. The lowest BCUT2D eigenvalue weighted by molar-refractivity contribution is -0.147. The summed E-state index contributed by atoms with van der Waals surface area (Å²) >= 11 is 6.09. The average Bonchev–Trinajstić information content (AvgIpc) is 3.14. The molecule has 1 N–H and O–H groups in total. The molecule has 0 fully saturated rings. The highest BCUT2D eigenvalue weighted by molar-refractivity contribution is 7.92. The lowest BCUT2D eigenvalue weighted by atomic mass is 9.87. The van der Waals surface area contributed by atoms with Crippen LogP contribution in [0.15, 0.2) is 47.4 Å². The standard InChI is InChI=1S/C22H24ClF3N4O2S/c1-13(2)30-19(27-28-20(30)22(24,25)26)17-12-15(23)8-11-18(17)29-33(31,32)16-9-6-14(7-10-16)21(3,4)5/h6-13,29H,1-5H3. The van der Waals surface area contributed by atoms with Crippen molar-refractivity contribution >= 4 is 27.3 Å². The number of sulfonamides is 1. The molecule has 0 atom stereocenters. The minimum Gasteiger partial charge on any atom is -0.301 e. The van der Waals surface area contributed by atoms with E-state index in [0.717, 1.165) is 10.1 Å². The van der Waals surface area contributed by atoms with Crippen LogP contribution in [-0.4, -0.2) is 23.2 Å². The van der Waals surface area contributed by atoms with E-state index in [-0.39, 0.29) is 32.4 Å². The number of halogens is 4. The van der Waals surface area contributed by atoms with Gasteiger partial charge in [0, 0.05) is 16.6 Å². The van der Waals surface area contributed by atoms with E-state index >= 15 is 0 Å². The van der Waals surface area contributed by atoms with Gasteiger partial charge in [0.25, 0.3) is 10.0 Å². The molecule has 178 valence electrons. The van der Waals surface area contributed by atoms with Crippen LogP contribution in [0.5, 0.6) is 0 Å². The highest BCUT2D eigenvalue weighted by atomic mass is 35.5. The first-order valence-electron chi connectivity index (χ1n) is 10.1. The number of anilines is 1. The molecular weight excluding hydrogens is 477 g/mol. The SMILES string of the molecule is CC(C)n1c(-c2cc(Cl)ccc2NS(=O)(=O)c2ccc(C(C)(C)C)cc2)nnc1C(F)(F)F. The third kappa shape index (κ3) is 5.33. The lowest BCUT2D eigenvalue weighted by Crippen LogP contribution is -2.18. The molecule has 1 heterocycles. The molecule has 0 saturated carbocycles. The van der Waals surface area contributed by atoms with E-state index in [9.17, 15) is 21.6 Å². The fourth-order valence-electron chi connectivity index (χ4n) is 3.29. The molecule has 0 aliphatic carbocycles. The summed E-state index contributed by atoms with van der Waals surface area (Å²) in [6.07, 6.45) is -4.73. The molecule has 0 spiro atoms.